The molecule has 2 atom stereocenters. The van der Waals surface area contributed by atoms with Crippen LogP contribution in [-0.2, 0) is 0 Å². The van der Waals surface area contributed by atoms with Crippen LogP contribution in [0.25, 0.3) is 11.3 Å². The van der Waals surface area contributed by atoms with Gasteiger partial charge in [0.25, 0.3) is 5.91 Å². The molecule has 2 unspecified atom stereocenters. The van der Waals surface area contributed by atoms with Gasteiger partial charge in [-0.3, -0.25) is 4.79 Å². The summed E-state index contributed by atoms with van der Waals surface area (Å²) in [4.78, 5) is 12.2. The Balaban J connectivity index is 1.63. The zero-order chi connectivity index (χ0) is 17.8. The number of aliphatic hydroxyl groups is 1. The standard InChI is InChI=1S/C18H17FN2O4/c1-11(9-15(22)16-7-4-8-24-16)20-18(23)14-10-17(25-21-14)12-5-2-3-6-13(12)19/h2-8,10-11,15,22H,9H2,1H3,(H,20,23). The number of halogens is 1. The highest BCUT2D eigenvalue weighted by Gasteiger charge is 2.20. The summed E-state index contributed by atoms with van der Waals surface area (Å²) in [6.45, 7) is 1.75. The molecule has 0 radical (unpaired) electrons. The SMILES string of the molecule is CC(CC(O)c1ccco1)NC(=O)c1cc(-c2ccccc2F)on1. The number of carbonyl (C=O) groups is 1. The highest BCUT2D eigenvalue weighted by atomic mass is 19.1. The molecule has 0 fully saturated rings. The van der Waals surface area contributed by atoms with Gasteiger partial charge in [-0.1, -0.05) is 17.3 Å². The summed E-state index contributed by atoms with van der Waals surface area (Å²) in [5, 5.41) is 16.4. The van der Waals surface area contributed by atoms with E-state index < -0.39 is 17.8 Å². The van der Waals surface area contributed by atoms with Gasteiger partial charge in [0, 0.05) is 18.5 Å². The molecular formula is C18H17FN2O4. The van der Waals surface area contributed by atoms with Crippen LogP contribution < -0.4 is 5.32 Å². The molecule has 2 heterocycles. The molecule has 2 N–H and O–H groups in total. The number of aliphatic hydroxyl groups excluding tert-OH is 1. The first-order chi connectivity index (χ1) is 12.0. The van der Waals surface area contributed by atoms with Gasteiger partial charge in [0.1, 0.15) is 17.7 Å². The molecule has 0 saturated heterocycles. The Bertz CT molecular complexity index is 844. The summed E-state index contributed by atoms with van der Waals surface area (Å²) >= 11 is 0. The van der Waals surface area contributed by atoms with Crippen molar-refractivity contribution < 1.29 is 23.2 Å². The summed E-state index contributed by atoms with van der Waals surface area (Å²) in [5.74, 6) is -0.318. The highest BCUT2D eigenvalue weighted by Crippen LogP contribution is 2.23. The molecule has 0 bridgehead atoms. The van der Waals surface area contributed by atoms with Crippen LogP contribution >= 0.6 is 0 Å². The lowest BCUT2D eigenvalue weighted by atomic mass is 10.1. The largest absolute Gasteiger partial charge is 0.467 e. The number of hydrogen-bond acceptors (Lipinski definition) is 5. The predicted molar refractivity (Wildman–Crippen MR) is 87.1 cm³/mol. The molecule has 0 saturated carbocycles. The molecule has 6 nitrogen and oxygen atoms in total. The van der Waals surface area contributed by atoms with Crippen LogP contribution in [0.2, 0.25) is 0 Å². The second kappa shape index (κ2) is 7.31. The van der Waals surface area contributed by atoms with Gasteiger partial charge in [0.2, 0.25) is 0 Å². The molecule has 0 aliphatic heterocycles. The number of aromatic nitrogens is 1. The fourth-order valence-corrected chi connectivity index (χ4v) is 2.46. The van der Waals surface area contributed by atoms with E-state index in [-0.39, 0.29) is 29.5 Å². The van der Waals surface area contributed by atoms with Gasteiger partial charge < -0.3 is 19.4 Å². The van der Waals surface area contributed by atoms with Crippen LogP contribution in [0.15, 0.2) is 57.7 Å². The predicted octanol–water partition coefficient (Wildman–Crippen LogP) is 3.32. The third-order valence-corrected chi connectivity index (χ3v) is 3.71. The van der Waals surface area contributed by atoms with Crippen LogP contribution in [0, 0.1) is 5.82 Å². The van der Waals surface area contributed by atoms with E-state index in [1.54, 1.807) is 37.3 Å². The van der Waals surface area contributed by atoms with Crippen molar-refractivity contribution in [3.63, 3.8) is 0 Å². The second-order valence-electron chi connectivity index (χ2n) is 5.70. The first kappa shape index (κ1) is 16.9. The number of amides is 1. The fraction of sp³-hybridized carbons (Fsp3) is 0.222. The Morgan fingerprint density at radius 1 is 1.32 bits per heavy atom. The molecule has 0 spiro atoms. The fourth-order valence-electron chi connectivity index (χ4n) is 2.46. The first-order valence-corrected chi connectivity index (χ1v) is 7.78. The van der Waals surface area contributed by atoms with E-state index in [0.29, 0.717) is 5.76 Å². The van der Waals surface area contributed by atoms with Crippen molar-refractivity contribution in [2.45, 2.75) is 25.5 Å². The van der Waals surface area contributed by atoms with Gasteiger partial charge in [-0.2, -0.15) is 0 Å². The molecule has 1 aromatic carbocycles. The van der Waals surface area contributed by atoms with Crippen LogP contribution in [0.1, 0.15) is 35.7 Å². The number of rotatable bonds is 6. The van der Waals surface area contributed by atoms with Crippen molar-refractivity contribution >= 4 is 5.91 Å². The Hall–Kier alpha value is -2.93. The first-order valence-electron chi connectivity index (χ1n) is 7.78. The minimum atomic E-state index is -0.823. The van der Waals surface area contributed by atoms with E-state index in [1.807, 2.05) is 0 Å². The van der Waals surface area contributed by atoms with Gasteiger partial charge >= 0.3 is 0 Å². The zero-order valence-electron chi connectivity index (χ0n) is 13.5. The maximum atomic E-state index is 13.7. The van der Waals surface area contributed by atoms with Gasteiger partial charge in [0.05, 0.1) is 11.8 Å². The maximum absolute atomic E-state index is 13.7. The average Bonchev–Trinajstić information content (AvgIpc) is 3.27. The average molecular weight is 344 g/mol. The minimum absolute atomic E-state index is 0.0394. The Morgan fingerprint density at radius 2 is 2.12 bits per heavy atom. The van der Waals surface area contributed by atoms with E-state index >= 15 is 0 Å². The quantitative estimate of drug-likeness (QED) is 0.716. The van der Waals surface area contributed by atoms with Crippen LogP contribution in [0.3, 0.4) is 0 Å². The minimum Gasteiger partial charge on any atom is -0.467 e. The van der Waals surface area contributed by atoms with Gasteiger partial charge in [0.15, 0.2) is 11.5 Å². The molecule has 7 heteroatoms. The topological polar surface area (TPSA) is 88.5 Å². The number of furan rings is 1. The summed E-state index contributed by atoms with van der Waals surface area (Å²) < 4.78 is 23.9. The lowest BCUT2D eigenvalue weighted by Crippen LogP contribution is -2.33. The Labute approximate surface area is 143 Å². The molecular weight excluding hydrogens is 327 g/mol. The normalized spacial score (nSPS) is 13.4. The third kappa shape index (κ3) is 3.95. The lowest BCUT2D eigenvalue weighted by Gasteiger charge is -2.15. The van der Waals surface area contributed by atoms with Crippen molar-refractivity contribution in [2.24, 2.45) is 0 Å². The van der Waals surface area contributed by atoms with Crippen LogP contribution in [-0.4, -0.2) is 22.2 Å². The number of carbonyl (C=O) groups excluding carboxylic acids is 1. The molecule has 3 aromatic rings. The number of nitrogens with one attached hydrogen (secondary N) is 1. The van der Waals surface area contributed by atoms with Crippen LogP contribution in [0.5, 0.6) is 0 Å². The summed E-state index contributed by atoms with van der Waals surface area (Å²) in [6.07, 6.45) is 0.926. The van der Waals surface area contributed by atoms with Crippen molar-refractivity contribution in [1.82, 2.24) is 10.5 Å². The van der Waals surface area contributed by atoms with Crippen molar-refractivity contribution in [1.29, 1.82) is 0 Å². The van der Waals surface area contributed by atoms with Crippen LogP contribution in [0.4, 0.5) is 4.39 Å². The van der Waals surface area contributed by atoms with E-state index in [9.17, 15) is 14.3 Å². The lowest BCUT2D eigenvalue weighted by molar-refractivity contribution is 0.0894. The van der Waals surface area contributed by atoms with E-state index in [2.05, 4.69) is 10.5 Å². The van der Waals surface area contributed by atoms with E-state index in [1.165, 1.54) is 18.4 Å². The van der Waals surface area contributed by atoms with E-state index in [4.69, 9.17) is 8.94 Å². The summed E-state index contributed by atoms with van der Waals surface area (Å²) in [7, 11) is 0. The molecule has 1 amide bonds. The van der Waals surface area contributed by atoms with Gasteiger partial charge in [-0.05, 0) is 31.2 Å². The maximum Gasteiger partial charge on any atom is 0.273 e. The van der Waals surface area contributed by atoms with Crippen molar-refractivity contribution in [2.75, 3.05) is 0 Å². The Kier molecular flexibility index (Phi) is 4.95. The molecule has 3 rings (SSSR count). The van der Waals surface area contributed by atoms with E-state index in [0.717, 1.165) is 0 Å². The van der Waals surface area contributed by atoms with Crippen molar-refractivity contribution in [3.05, 3.63) is 66.0 Å². The molecule has 0 aliphatic rings. The monoisotopic (exact) mass is 344 g/mol. The zero-order valence-corrected chi connectivity index (χ0v) is 13.5. The third-order valence-electron chi connectivity index (χ3n) is 3.71. The van der Waals surface area contributed by atoms with Gasteiger partial charge in [-0.15, -0.1) is 0 Å². The molecule has 25 heavy (non-hydrogen) atoms. The summed E-state index contributed by atoms with van der Waals surface area (Å²) in [6, 6.07) is 10.5. The number of benzene rings is 1. The summed E-state index contributed by atoms with van der Waals surface area (Å²) in [5.41, 5.74) is 0.271. The van der Waals surface area contributed by atoms with Gasteiger partial charge in [-0.25, -0.2) is 4.39 Å². The Morgan fingerprint density at radius 3 is 2.84 bits per heavy atom. The molecule has 2 aromatic heterocycles. The molecule has 130 valence electrons. The smallest absolute Gasteiger partial charge is 0.273 e. The number of hydrogen-bond donors (Lipinski definition) is 2. The van der Waals surface area contributed by atoms with Crippen molar-refractivity contribution in [3.8, 4) is 11.3 Å². The second-order valence-corrected chi connectivity index (χ2v) is 5.70. The molecule has 0 aliphatic carbocycles. The highest BCUT2D eigenvalue weighted by molar-refractivity contribution is 5.93. The number of nitrogens with zero attached hydrogens (tertiary/aromatic N) is 1.